The Morgan fingerprint density at radius 3 is 2.38 bits per heavy atom. The Hall–Kier alpha value is -4.36. The van der Waals surface area contributed by atoms with E-state index in [1.54, 1.807) is 36.3 Å². The molecule has 45 heavy (non-hydrogen) atoms. The lowest BCUT2D eigenvalue weighted by Crippen LogP contribution is -2.48. The van der Waals surface area contributed by atoms with Crippen molar-refractivity contribution < 1.29 is 28.5 Å². The average molecular weight is 610 g/mol. The fourth-order valence-corrected chi connectivity index (χ4v) is 5.70. The molecule has 0 aliphatic carbocycles. The molecule has 7 nitrogen and oxygen atoms in total. The van der Waals surface area contributed by atoms with Gasteiger partial charge in [0, 0.05) is 12.5 Å². The quantitative estimate of drug-likeness (QED) is 0.134. The first-order chi connectivity index (χ1) is 21.7. The molecule has 236 valence electrons. The molecule has 0 radical (unpaired) electrons. The van der Waals surface area contributed by atoms with Crippen LogP contribution in [0.4, 0.5) is 4.79 Å². The van der Waals surface area contributed by atoms with E-state index in [9.17, 15) is 9.59 Å². The van der Waals surface area contributed by atoms with Crippen LogP contribution in [0.1, 0.15) is 66.6 Å². The van der Waals surface area contributed by atoms with Gasteiger partial charge < -0.3 is 23.8 Å². The number of benzene rings is 4. The summed E-state index contributed by atoms with van der Waals surface area (Å²) in [7, 11) is 1.57. The predicted molar refractivity (Wildman–Crippen MR) is 176 cm³/mol. The number of amides is 1. The zero-order valence-electron chi connectivity index (χ0n) is 26.7. The summed E-state index contributed by atoms with van der Waals surface area (Å²) in [5.41, 5.74) is 3.39. The Morgan fingerprint density at radius 2 is 1.62 bits per heavy atom. The monoisotopic (exact) mass is 609 g/mol. The van der Waals surface area contributed by atoms with E-state index < -0.39 is 5.60 Å². The molecule has 0 saturated carbocycles. The zero-order chi connectivity index (χ0) is 31.8. The Morgan fingerprint density at radius 1 is 0.867 bits per heavy atom. The highest BCUT2D eigenvalue weighted by Crippen LogP contribution is 2.32. The van der Waals surface area contributed by atoms with Crippen LogP contribution in [0.15, 0.2) is 91.0 Å². The lowest BCUT2D eigenvalue weighted by molar-refractivity contribution is -0.0359. The minimum absolute atomic E-state index is 0.141. The van der Waals surface area contributed by atoms with Gasteiger partial charge in [0.2, 0.25) is 0 Å². The Labute approximate surface area is 266 Å². The molecule has 0 spiro atoms. The summed E-state index contributed by atoms with van der Waals surface area (Å²) < 4.78 is 22.9. The number of fused-ring (bicyclic) bond motifs is 1. The summed E-state index contributed by atoms with van der Waals surface area (Å²) in [6.07, 6.45) is 1.81. The summed E-state index contributed by atoms with van der Waals surface area (Å²) in [6, 6.07) is 30.3. The van der Waals surface area contributed by atoms with Gasteiger partial charge in [0.25, 0.3) is 0 Å². The van der Waals surface area contributed by atoms with Gasteiger partial charge in [-0.1, -0.05) is 66.7 Å². The van der Waals surface area contributed by atoms with Crippen LogP contribution in [0, 0.1) is 0 Å². The highest BCUT2D eigenvalue weighted by molar-refractivity contribution is 5.89. The van der Waals surface area contributed by atoms with Gasteiger partial charge >= 0.3 is 12.1 Å². The number of likely N-dealkylation sites (tertiary alicyclic amines) is 1. The van der Waals surface area contributed by atoms with Gasteiger partial charge in [0.1, 0.15) is 11.4 Å². The molecule has 4 aromatic carbocycles. The molecule has 2 atom stereocenters. The molecular formula is C38H43NO6. The third kappa shape index (κ3) is 8.85. The average Bonchev–Trinajstić information content (AvgIpc) is 3.05. The first-order valence-electron chi connectivity index (χ1n) is 15.7. The van der Waals surface area contributed by atoms with Crippen molar-refractivity contribution in [2.75, 3.05) is 26.8 Å². The standard InChI is InChI=1S/C38H43NO6/c1-38(2,3)45-37(41)39-21-20-34(35(25-39)44-26-28-16-17-29-10-5-6-11-31(29)23-28)30-18-14-27(15-19-30)9-8-22-43-36(40)32-12-7-13-33(24-32)42-4/h5-7,10-19,23-24,34-35H,8-9,20-22,25-26H2,1-4H3. The largest absolute Gasteiger partial charge is 0.497 e. The first kappa shape index (κ1) is 32.0. The Balaban J connectivity index is 1.20. The molecule has 1 saturated heterocycles. The number of piperidine rings is 1. The number of esters is 1. The van der Waals surface area contributed by atoms with E-state index in [4.69, 9.17) is 18.9 Å². The van der Waals surface area contributed by atoms with Crippen molar-refractivity contribution in [1.29, 1.82) is 0 Å². The van der Waals surface area contributed by atoms with Gasteiger partial charge in [-0.25, -0.2) is 9.59 Å². The molecule has 1 aliphatic heterocycles. The van der Waals surface area contributed by atoms with E-state index in [0.29, 0.717) is 37.6 Å². The van der Waals surface area contributed by atoms with Crippen LogP contribution in [0.3, 0.4) is 0 Å². The molecular weight excluding hydrogens is 566 g/mol. The number of rotatable bonds is 10. The maximum Gasteiger partial charge on any atom is 0.410 e. The van der Waals surface area contributed by atoms with Crippen LogP contribution in [0.25, 0.3) is 10.8 Å². The lowest BCUT2D eigenvalue weighted by Gasteiger charge is -2.39. The number of hydrogen-bond acceptors (Lipinski definition) is 6. The van der Waals surface area contributed by atoms with E-state index in [0.717, 1.165) is 24.8 Å². The molecule has 1 fully saturated rings. The molecule has 1 amide bonds. The topological polar surface area (TPSA) is 74.3 Å². The Bertz CT molecular complexity index is 1590. The number of nitrogens with zero attached hydrogens (tertiary/aromatic N) is 1. The number of methoxy groups -OCH3 is 1. The molecule has 1 heterocycles. The van der Waals surface area contributed by atoms with Crippen LogP contribution in [-0.2, 0) is 27.2 Å². The fourth-order valence-electron chi connectivity index (χ4n) is 5.70. The predicted octanol–water partition coefficient (Wildman–Crippen LogP) is 7.95. The van der Waals surface area contributed by atoms with Crippen molar-refractivity contribution >= 4 is 22.8 Å². The number of aryl methyl sites for hydroxylation is 1. The highest BCUT2D eigenvalue weighted by atomic mass is 16.6. The second kappa shape index (κ2) is 14.6. The number of hydrogen-bond donors (Lipinski definition) is 0. The molecule has 0 bridgehead atoms. The maximum absolute atomic E-state index is 13.0. The van der Waals surface area contributed by atoms with Crippen molar-refractivity contribution in [2.45, 2.75) is 64.3 Å². The van der Waals surface area contributed by atoms with Crippen LogP contribution in [0.5, 0.6) is 5.75 Å². The second-order valence-electron chi connectivity index (χ2n) is 12.6. The van der Waals surface area contributed by atoms with Crippen LogP contribution >= 0.6 is 0 Å². The van der Waals surface area contributed by atoms with Crippen LogP contribution in [0.2, 0.25) is 0 Å². The SMILES string of the molecule is COc1cccc(C(=O)OCCCc2ccc(C3CCN(C(=O)OC(C)(C)C)CC3OCc3ccc4ccccc4c3)cc2)c1. The third-order valence-corrected chi connectivity index (χ3v) is 8.05. The molecule has 0 N–H and O–H groups in total. The molecule has 5 rings (SSSR count). The summed E-state index contributed by atoms with van der Waals surface area (Å²) in [4.78, 5) is 27.1. The Kier molecular flexibility index (Phi) is 10.4. The van der Waals surface area contributed by atoms with Crippen LogP contribution in [-0.4, -0.2) is 55.5 Å². The van der Waals surface area contributed by atoms with Crippen molar-refractivity contribution in [1.82, 2.24) is 4.90 Å². The van der Waals surface area contributed by atoms with Crippen molar-refractivity contribution in [3.8, 4) is 5.75 Å². The van der Waals surface area contributed by atoms with Gasteiger partial charge in [-0.2, -0.15) is 0 Å². The van der Waals surface area contributed by atoms with E-state index in [1.165, 1.54) is 21.9 Å². The zero-order valence-corrected chi connectivity index (χ0v) is 26.7. The molecule has 4 aromatic rings. The summed E-state index contributed by atoms with van der Waals surface area (Å²) in [5.74, 6) is 0.417. The van der Waals surface area contributed by atoms with E-state index in [-0.39, 0.29) is 24.1 Å². The minimum atomic E-state index is -0.557. The number of ether oxygens (including phenoxy) is 4. The minimum Gasteiger partial charge on any atom is -0.497 e. The van der Waals surface area contributed by atoms with E-state index in [2.05, 4.69) is 54.6 Å². The van der Waals surface area contributed by atoms with Gasteiger partial charge in [-0.05, 0) is 91.8 Å². The smallest absolute Gasteiger partial charge is 0.410 e. The van der Waals surface area contributed by atoms with Crippen molar-refractivity contribution in [3.63, 3.8) is 0 Å². The van der Waals surface area contributed by atoms with E-state index in [1.807, 2.05) is 32.9 Å². The summed E-state index contributed by atoms with van der Waals surface area (Å²) >= 11 is 0. The van der Waals surface area contributed by atoms with Gasteiger partial charge in [-0.15, -0.1) is 0 Å². The summed E-state index contributed by atoms with van der Waals surface area (Å²) in [5, 5.41) is 2.38. The van der Waals surface area contributed by atoms with E-state index >= 15 is 0 Å². The fraction of sp³-hybridized carbons (Fsp3) is 0.368. The molecule has 2 unspecified atom stereocenters. The number of carbonyl (C=O) groups is 2. The van der Waals surface area contributed by atoms with Gasteiger partial charge in [0.05, 0.1) is 38.5 Å². The molecule has 0 aromatic heterocycles. The molecule has 1 aliphatic rings. The lowest BCUT2D eigenvalue weighted by atomic mass is 9.86. The van der Waals surface area contributed by atoms with Gasteiger partial charge in [0.15, 0.2) is 0 Å². The maximum atomic E-state index is 13.0. The van der Waals surface area contributed by atoms with Crippen molar-refractivity contribution in [2.24, 2.45) is 0 Å². The first-order valence-corrected chi connectivity index (χ1v) is 15.7. The molecule has 7 heteroatoms. The normalized spacial score (nSPS) is 16.8. The van der Waals surface area contributed by atoms with Gasteiger partial charge in [-0.3, -0.25) is 0 Å². The third-order valence-electron chi connectivity index (χ3n) is 8.05. The van der Waals surface area contributed by atoms with Crippen molar-refractivity contribution in [3.05, 3.63) is 113 Å². The number of carbonyl (C=O) groups excluding carboxylic acids is 2. The van der Waals surface area contributed by atoms with Crippen LogP contribution < -0.4 is 4.74 Å². The second-order valence-corrected chi connectivity index (χ2v) is 12.6. The highest BCUT2D eigenvalue weighted by Gasteiger charge is 2.35. The summed E-state index contributed by atoms with van der Waals surface area (Å²) in [6.45, 7) is 7.53.